The highest BCUT2D eigenvalue weighted by atomic mass is 127. The molecule has 152 valence electrons. The van der Waals surface area contributed by atoms with E-state index in [1.54, 1.807) is 16.8 Å². The summed E-state index contributed by atoms with van der Waals surface area (Å²) in [5, 5.41) is 4.23. The lowest BCUT2D eigenvalue weighted by Gasteiger charge is -2.29. The van der Waals surface area contributed by atoms with Gasteiger partial charge in [-0.3, -0.25) is 4.79 Å². The highest BCUT2D eigenvalue weighted by Crippen LogP contribution is 2.32. The molecule has 29 heavy (non-hydrogen) atoms. The Morgan fingerprint density at radius 1 is 1.28 bits per heavy atom. The van der Waals surface area contributed by atoms with Crippen molar-refractivity contribution < 1.29 is 13.2 Å². The zero-order valence-electron chi connectivity index (χ0n) is 14.6. The van der Waals surface area contributed by atoms with Gasteiger partial charge in [-0.1, -0.05) is 17.7 Å². The van der Waals surface area contributed by atoms with Crippen molar-refractivity contribution in [2.24, 2.45) is 0 Å². The van der Waals surface area contributed by atoms with Gasteiger partial charge < -0.3 is 9.47 Å². The topological polar surface area (TPSA) is 56.0 Å². The van der Waals surface area contributed by atoms with Crippen LogP contribution in [-0.4, -0.2) is 25.6 Å². The van der Waals surface area contributed by atoms with Gasteiger partial charge in [0.05, 0.1) is 42.4 Å². The minimum Gasteiger partial charge on any atom is -0.362 e. The maximum Gasteiger partial charge on any atom is 0.416 e. The van der Waals surface area contributed by atoms with E-state index in [-0.39, 0.29) is 17.0 Å². The van der Waals surface area contributed by atoms with Crippen LogP contribution in [0.2, 0.25) is 5.02 Å². The molecule has 1 aliphatic heterocycles. The first kappa shape index (κ1) is 20.6. The Hall–Kier alpha value is -1.65. The minimum absolute atomic E-state index is 0.102. The lowest BCUT2D eigenvalue weighted by molar-refractivity contribution is -0.137. The first-order chi connectivity index (χ1) is 13.8. The van der Waals surface area contributed by atoms with Crippen LogP contribution in [0.15, 0.2) is 41.6 Å². The van der Waals surface area contributed by atoms with E-state index in [9.17, 15) is 18.0 Å². The molecule has 0 aliphatic carbocycles. The Morgan fingerprint density at radius 3 is 2.79 bits per heavy atom. The van der Waals surface area contributed by atoms with E-state index in [2.05, 4.69) is 32.1 Å². The number of rotatable bonds is 3. The fraction of sp³-hybridized carbons (Fsp3) is 0.235. The molecule has 0 spiro atoms. The average Bonchev–Trinajstić information content (AvgIpc) is 3.12. The van der Waals surface area contributed by atoms with Gasteiger partial charge in [0.1, 0.15) is 5.02 Å². The molecule has 1 aliphatic rings. The van der Waals surface area contributed by atoms with Crippen molar-refractivity contribution in [1.82, 2.24) is 19.1 Å². The monoisotopic (exact) mass is 553 g/mol. The van der Waals surface area contributed by atoms with Crippen LogP contribution in [0, 0.1) is 0 Å². The Bertz CT molecular complexity index is 1130. The Labute approximate surface area is 183 Å². The molecule has 0 radical (unpaired) electrons. The fourth-order valence-corrected chi connectivity index (χ4v) is 4.91. The van der Waals surface area contributed by atoms with Crippen molar-refractivity contribution in [2.45, 2.75) is 19.1 Å². The molecule has 4 rings (SSSR count). The van der Waals surface area contributed by atoms with Crippen LogP contribution in [0.4, 0.5) is 18.9 Å². The average molecular weight is 554 g/mol. The van der Waals surface area contributed by atoms with Crippen molar-refractivity contribution in [3.8, 4) is 5.69 Å². The van der Waals surface area contributed by atoms with Crippen molar-refractivity contribution in [1.29, 1.82) is 0 Å². The molecule has 1 aromatic carbocycles. The minimum atomic E-state index is -4.41. The summed E-state index contributed by atoms with van der Waals surface area (Å²) in [4.78, 5) is 18.5. The normalized spacial score (nSPS) is 14.6. The summed E-state index contributed by atoms with van der Waals surface area (Å²) in [6.45, 7) is 0.924. The van der Waals surface area contributed by atoms with Gasteiger partial charge >= 0.3 is 6.18 Å². The third kappa shape index (κ3) is 3.89. The summed E-state index contributed by atoms with van der Waals surface area (Å²) in [6, 6.07) is 5.16. The van der Waals surface area contributed by atoms with Gasteiger partial charge in [0.15, 0.2) is 0 Å². The van der Waals surface area contributed by atoms with Crippen molar-refractivity contribution in [3.05, 3.63) is 69.1 Å². The molecule has 0 saturated heterocycles. The highest BCUT2D eigenvalue weighted by Gasteiger charge is 2.31. The zero-order chi connectivity index (χ0) is 20.8. The second-order valence-corrected chi connectivity index (χ2v) is 8.79. The second-order valence-electron chi connectivity index (χ2n) is 6.37. The van der Waals surface area contributed by atoms with Gasteiger partial charge in [-0.2, -0.15) is 18.3 Å². The Kier molecular flexibility index (Phi) is 5.60. The zero-order valence-corrected chi connectivity index (χ0v) is 18.5. The van der Waals surface area contributed by atoms with Crippen LogP contribution >= 0.6 is 40.0 Å². The first-order valence-electron chi connectivity index (χ1n) is 8.41. The smallest absolute Gasteiger partial charge is 0.362 e. The van der Waals surface area contributed by atoms with Crippen LogP contribution in [0.5, 0.6) is 0 Å². The molecule has 0 fully saturated rings. The number of hydrogen-bond acceptors (Lipinski definition) is 4. The van der Waals surface area contributed by atoms with Crippen molar-refractivity contribution >= 4 is 45.7 Å². The van der Waals surface area contributed by atoms with Crippen molar-refractivity contribution in [2.75, 3.05) is 11.4 Å². The summed E-state index contributed by atoms with van der Waals surface area (Å²) >= 11 is 8.30. The molecule has 1 atom stereocenters. The van der Waals surface area contributed by atoms with Crippen LogP contribution in [0.1, 0.15) is 17.0 Å². The molecule has 0 N–H and O–H groups in total. The predicted octanol–water partition coefficient (Wildman–Crippen LogP) is 4.46. The lowest BCUT2D eigenvalue weighted by atomic mass is 10.1. The van der Waals surface area contributed by atoms with E-state index >= 15 is 0 Å². The van der Waals surface area contributed by atoms with Crippen LogP contribution < -0.4 is 10.5 Å². The Balaban J connectivity index is 1.65. The molecule has 0 bridgehead atoms. The molecule has 3 aromatic rings. The number of imidazole rings is 1. The van der Waals surface area contributed by atoms with Crippen molar-refractivity contribution in [3.63, 3.8) is 0 Å². The summed E-state index contributed by atoms with van der Waals surface area (Å²) < 4.78 is 42.1. The van der Waals surface area contributed by atoms with E-state index in [1.807, 2.05) is 4.90 Å². The summed E-state index contributed by atoms with van der Waals surface area (Å²) in [7, 11) is 0. The SMILES string of the molecule is O=c1c(Cl)c(N2CCc3c(ncn3-c3cccc(C(F)(F)F)c3)C2)cnn1PI. The number of fused-ring (bicyclic) bond motifs is 1. The highest BCUT2D eigenvalue weighted by molar-refractivity contribution is 14.2. The third-order valence-electron chi connectivity index (χ3n) is 4.69. The Morgan fingerprint density at radius 2 is 2.07 bits per heavy atom. The van der Waals surface area contributed by atoms with Gasteiger partial charge in [0, 0.05) is 24.3 Å². The second kappa shape index (κ2) is 7.88. The number of nitrogens with zero attached hydrogens (tertiary/aromatic N) is 5. The molecule has 6 nitrogen and oxygen atoms in total. The number of benzene rings is 1. The van der Waals surface area contributed by atoms with E-state index in [0.29, 0.717) is 30.9 Å². The molecule has 2 aromatic heterocycles. The maximum atomic E-state index is 13.0. The predicted molar refractivity (Wildman–Crippen MR) is 115 cm³/mol. The molecule has 3 heterocycles. The number of anilines is 1. The van der Waals surface area contributed by atoms with Crippen LogP contribution in [0.3, 0.4) is 0 Å². The maximum absolute atomic E-state index is 13.0. The van der Waals surface area contributed by atoms with Gasteiger partial charge in [-0.05, 0) is 40.2 Å². The summed E-state index contributed by atoms with van der Waals surface area (Å²) in [5.74, 6) is 0. The largest absolute Gasteiger partial charge is 0.416 e. The summed E-state index contributed by atoms with van der Waals surface area (Å²) in [5.41, 5.74) is 1.45. The third-order valence-corrected chi connectivity index (χ3v) is 6.89. The van der Waals surface area contributed by atoms with Crippen LogP contribution in [-0.2, 0) is 19.1 Å². The first-order valence-corrected chi connectivity index (χ1v) is 12.9. The van der Waals surface area contributed by atoms with E-state index in [4.69, 9.17) is 11.6 Å². The van der Waals surface area contributed by atoms with Crippen LogP contribution in [0.25, 0.3) is 5.69 Å². The summed E-state index contributed by atoms with van der Waals surface area (Å²) in [6.07, 6.45) is -0.632. The standard InChI is InChI=1S/C17H13ClF3IN5OP/c18-15-14(7-24-27(29-22)16(15)28)25-5-4-13-12(8-25)23-9-26(13)11-3-1-2-10(6-11)17(19,20)21/h1-3,6-7,9,29H,4-5,8H2. The van der Waals surface area contributed by atoms with E-state index in [0.717, 1.165) is 23.5 Å². The van der Waals surface area contributed by atoms with Gasteiger partial charge in [0.2, 0.25) is 0 Å². The van der Waals surface area contributed by atoms with Gasteiger partial charge in [-0.25, -0.2) is 9.44 Å². The quantitative estimate of drug-likeness (QED) is 0.355. The van der Waals surface area contributed by atoms with Gasteiger partial charge in [0.25, 0.3) is 5.56 Å². The molecule has 12 heteroatoms. The lowest BCUT2D eigenvalue weighted by Crippen LogP contribution is -2.33. The molecule has 0 amide bonds. The molecule has 0 saturated carbocycles. The molecular formula is C17H13ClF3IN5OP. The van der Waals surface area contributed by atoms with Gasteiger partial charge in [-0.15, -0.1) is 0 Å². The molecular weight excluding hydrogens is 541 g/mol. The molecule has 1 unspecified atom stereocenters. The van der Waals surface area contributed by atoms with E-state index < -0.39 is 11.7 Å². The number of halogens is 5. The number of alkyl halides is 3. The number of hydrogen-bond donors (Lipinski definition) is 0. The fourth-order valence-electron chi connectivity index (χ4n) is 3.27. The van der Waals surface area contributed by atoms with E-state index in [1.165, 1.54) is 16.8 Å². The number of aromatic nitrogens is 4.